The van der Waals surface area contributed by atoms with Crippen LogP contribution in [0.1, 0.15) is 11.0 Å². The molecule has 0 bridgehead atoms. The summed E-state index contributed by atoms with van der Waals surface area (Å²) in [5.41, 5.74) is 0. The molecule has 0 fully saturated rings. The summed E-state index contributed by atoms with van der Waals surface area (Å²) in [5.74, 6) is 0. The third-order valence-electron chi connectivity index (χ3n) is 1.37. The summed E-state index contributed by atoms with van der Waals surface area (Å²) in [4.78, 5) is 15.0. The third-order valence-corrected chi connectivity index (χ3v) is 2.30. The standard InChI is InChI=1S/C7H5NO2S/c9-7-8-4-5(10-7)6-2-1-3-11-6/h1-5H. The van der Waals surface area contributed by atoms with Gasteiger partial charge in [0.2, 0.25) is 0 Å². The van der Waals surface area contributed by atoms with E-state index in [1.165, 1.54) is 6.21 Å². The van der Waals surface area contributed by atoms with E-state index in [9.17, 15) is 4.79 Å². The van der Waals surface area contributed by atoms with E-state index in [1.807, 2.05) is 17.5 Å². The molecule has 0 N–H and O–H groups in total. The van der Waals surface area contributed by atoms with Crippen LogP contribution in [0.4, 0.5) is 4.79 Å². The minimum Gasteiger partial charge on any atom is -0.433 e. The van der Waals surface area contributed by atoms with Crippen molar-refractivity contribution in [2.75, 3.05) is 0 Å². The molecule has 2 heterocycles. The zero-order valence-corrected chi connectivity index (χ0v) is 6.38. The molecular weight excluding hydrogens is 162 g/mol. The second kappa shape index (κ2) is 2.47. The van der Waals surface area contributed by atoms with Crippen molar-refractivity contribution in [1.82, 2.24) is 0 Å². The highest BCUT2D eigenvalue weighted by Gasteiger charge is 2.20. The van der Waals surface area contributed by atoms with Crippen molar-refractivity contribution in [1.29, 1.82) is 0 Å². The molecule has 1 amide bonds. The monoisotopic (exact) mass is 167 g/mol. The number of ether oxygens (including phenoxy) is 1. The molecule has 1 aromatic heterocycles. The maximum absolute atomic E-state index is 10.5. The lowest BCUT2D eigenvalue weighted by Crippen LogP contribution is -1.97. The van der Waals surface area contributed by atoms with Gasteiger partial charge in [-0.1, -0.05) is 6.07 Å². The molecule has 1 unspecified atom stereocenters. The van der Waals surface area contributed by atoms with Crippen LogP contribution >= 0.6 is 11.3 Å². The van der Waals surface area contributed by atoms with Crippen molar-refractivity contribution in [3.05, 3.63) is 22.4 Å². The first-order valence-electron chi connectivity index (χ1n) is 3.14. The Morgan fingerprint density at radius 1 is 1.64 bits per heavy atom. The van der Waals surface area contributed by atoms with Crippen LogP contribution in [-0.4, -0.2) is 12.3 Å². The molecule has 11 heavy (non-hydrogen) atoms. The van der Waals surface area contributed by atoms with Gasteiger partial charge in [-0.25, -0.2) is 4.79 Å². The topological polar surface area (TPSA) is 38.7 Å². The van der Waals surface area contributed by atoms with Gasteiger partial charge in [0.05, 0.1) is 11.1 Å². The van der Waals surface area contributed by atoms with Crippen molar-refractivity contribution >= 4 is 23.6 Å². The first-order valence-corrected chi connectivity index (χ1v) is 4.02. The summed E-state index contributed by atoms with van der Waals surface area (Å²) < 4.78 is 4.85. The number of carbonyl (C=O) groups is 1. The lowest BCUT2D eigenvalue weighted by Gasteiger charge is -2.01. The van der Waals surface area contributed by atoms with Crippen LogP contribution in [0.15, 0.2) is 22.5 Å². The van der Waals surface area contributed by atoms with E-state index < -0.39 is 6.09 Å². The van der Waals surface area contributed by atoms with Gasteiger partial charge < -0.3 is 4.74 Å². The highest BCUT2D eigenvalue weighted by Crippen LogP contribution is 2.24. The van der Waals surface area contributed by atoms with E-state index in [4.69, 9.17) is 4.74 Å². The number of hydrogen-bond donors (Lipinski definition) is 0. The molecule has 0 aromatic carbocycles. The molecule has 56 valence electrons. The molecule has 1 aliphatic heterocycles. The number of hydrogen-bond acceptors (Lipinski definition) is 3. The molecule has 4 heteroatoms. The molecule has 2 rings (SSSR count). The van der Waals surface area contributed by atoms with Gasteiger partial charge in [-0.15, -0.1) is 11.3 Å². The fourth-order valence-corrected chi connectivity index (χ4v) is 1.60. The number of nitrogens with zero attached hydrogens (tertiary/aromatic N) is 1. The van der Waals surface area contributed by atoms with Gasteiger partial charge in [0, 0.05) is 0 Å². The Bertz CT molecular complexity index is 291. The van der Waals surface area contributed by atoms with E-state index in [2.05, 4.69) is 4.99 Å². The summed E-state index contributed by atoms with van der Waals surface area (Å²) in [7, 11) is 0. The Morgan fingerprint density at radius 2 is 2.55 bits per heavy atom. The number of thiophene rings is 1. The maximum Gasteiger partial charge on any atom is 0.434 e. The van der Waals surface area contributed by atoms with Crippen LogP contribution in [0.3, 0.4) is 0 Å². The van der Waals surface area contributed by atoms with Crippen LogP contribution in [-0.2, 0) is 4.74 Å². The van der Waals surface area contributed by atoms with E-state index in [-0.39, 0.29) is 6.10 Å². The van der Waals surface area contributed by atoms with E-state index in [1.54, 1.807) is 11.3 Å². The average Bonchev–Trinajstić information content (AvgIpc) is 2.55. The zero-order valence-electron chi connectivity index (χ0n) is 5.56. The van der Waals surface area contributed by atoms with Gasteiger partial charge in [0.15, 0.2) is 6.10 Å². The van der Waals surface area contributed by atoms with Crippen molar-refractivity contribution < 1.29 is 9.53 Å². The highest BCUT2D eigenvalue weighted by atomic mass is 32.1. The Morgan fingerprint density at radius 3 is 3.09 bits per heavy atom. The van der Waals surface area contributed by atoms with Gasteiger partial charge >= 0.3 is 6.09 Å². The number of aliphatic imine (C=N–C) groups is 1. The molecule has 0 radical (unpaired) electrons. The largest absolute Gasteiger partial charge is 0.434 e. The summed E-state index contributed by atoms with van der Waals surface area (Å²) in [5, 5.41) is 1.94. The van der Waals surface area contributed by atoms with Crippen LogP contribution in [0.2, 0.25) is 0 Å². The molecule has 0 spiro atoms. The van der Waals surface area contributed by atoms with Crippen LogP contribution in [0, 0.1) is 0 Å². The number of cyclic esters (lactones) is 1. The lowest BCUT2D eigenvalue weighted by atomic mass is 10.3. The lowest BCUT2D eigenvalue weighted by molar-refractivity contribution is 0.151. The van der Waals surface area contributed by atoms with Gasteiger partial charge in [-0.3, -0.25) is 0 Å². The van der Waals surface area contributed by atoms with Crippen molar-refractivity contribution in [2.24, 2.45) is 4.99 Å². The SMILES string of the molecule is O=C1N=CC(c2cccs2)O1. The van der Waals surface area contributed by atoms with E-state index in [0.29, 0.717) is 0 Å². The molecule has 0 aliphatic carbocycles. The predicted molar refractivity (Wildman–Crippen MR) is 42.0 cm³/mol. The summed E-state index contributed by atoms with van der Waals surface area (Å²) >= 11 is 1.55. The Hall–Kier alpha value is -1.16. The average molecular weight is 167 g/mol. The van der Waals surface area contributed by atoms with Crippen molar-refractivity contribution in [2.45, 2.75) is 6.10 Å². The second-order valence-corrected chi connectivity index (χ2v) is 3.08. The summed E-state index contributed by atoms with van der Waals surface area (Å²) in [6.07, 6.45) is 0.777. The normalized spacial score (nSPS) is 22.2. The molecule has 0 saturated heterocycles. The fourth-order valence-electron chi connectivity index (χ4n) is 0.883. The minimum atomic E-state index is -0.497. The first kappa shape index (κ1) is 6.54. The zero-order chi connectivity index (χ0) is 7.68. The second-order valence-electron chi connectivity index (χ2n) is 2.10. The highest BCUT2D eigenvalue weighted by molar-refractivity contribution is 7.10. The van der Waals surface area contributed by atoms with Crippen molar-refractivity contribution in [3.63, 3.8) is 0 Å². The van der Waals surface area contributed by atoms with Crippen LogP contribution in [0.5, 0.6) is 0 Å². The minimum absolute atomic E-state index is 0.248. The molecule has 0 saturated carbocycles. The Kier molecular flexibility index (Phi) is 1.47. The quantitative estimate of drug-likeness (QED) is 0.641. The molecule has 3 nitrogen and oxygen atoms in total. The third kappa shape index (κ3) is 1.17. The van der Waals surface area contributed by atoms with Crippen LogP contribution < -0.4 is 0 Å². The van der Waals surface area contributed by atoms with Crippen molar-refractivity contribution in [3.8, 4) is 0 Å². The van der Waals surface area contributed by atoms with E-state index in [0.717, 1.165) is 4.88 Å². The van der Waals surface area contributed by atoms with Crippen LogP contribution in [0.25, 0.3) is 0 Å². The summed E-state index contributed by atoms with van der Waals surface area (Å²) in [6, 6.07) is 3.83. The summed E-state index contributed by atoms with van der Waals surface area (Å²) in [6.45, 7) is 0. The van der Waals surface area contributed by atoms with E-state index >= 15 is 0 Å². The molecule has 1 atom stereocenters. The first-order chi connectivity index (χ1) is 5.36. The van der Waals surface area contributed by atoms with Gasteiger partial charge in [0.1, 0.15) is 0 Å². The van der Waals surface area contributed by atoms with Gasteiger partial charge in [-0.05, 0) is 11.4 Å². The molecule has 1 aliphatic rings. The number of rotatable bonds is 1. The number of carbonyl (C=O) groups excluding carboxylic acids is 1. The van der Waals surface area contributed by atoms with Gasteiger partial charge in [-0.2, -0.15) is 4.99 Å². The molecule has 1 aromatic rings. The van der Waals surface area contributed by atoms with Gasteiger partial charge in [0.25, 0.3) is 0 Å². The smallest absolute Gasteiger partial charge is 0.433 e. The Labute approximate surface area is 67.3 Å². The fraction of sp³-hybridized carbons (Fsp3) is 0.143. The molecular formula is C7H5NO2S. The predicted octanol–water partition coefficient (Wildman–Crippen LogP) is 2.01. The Balaban J connectivity index is 2.21. The number of amides is 1. The maximum atomic E-state index is 10.5.